The predicted molar refractivity (Wildman–Crippen MR) is 63.0 cm³/mol. The van der Waals surface area contributed by atoms with Gasteiger partial charge in [0.1, 0.15) is 0 Å². The van der Waals surface area contributed by atoms with Gasteiger partial charge in [-0.1, -0.05) is 12.1 Å². The molecule has 2 rings (SSSR count). The van der Waals surface area contributed by atoms with Crippen molar-refractivity contribution in [1.29, 1.82) is 0 Å². The normalized spacial score (nSPS) is 17.1. The number of benzene rings is 1. The molecule has 1 aliphatic heterocycles. The third kappa shape index (κ3) is 2.36. The second-order valence-electron chi connectivity index (χ2n) is 3.70. The fourth-order valence-corrected chi connectivity index (χ4v) is 1.93. The van der Waals surface area contributed by atoms with Crippen molar-refractivity contribution >= 4 is 17.3 Å². The molecule has 0 saturated heterocycles. The van der Waals surface area contributed by atoms with Crippen LogP contribution in [-0.4, -0.2) is 24.6 Å². The summed E-state index contributed by atoms with van der Waals surface area (Å²) in [5.41, 5.74) is 2.04. The summed E-state index contributed by atoms with van der Waals surface area (Å²) in [6.07, 6.45) is 2.87. The topological polar surface area (TPSA) is 12.5 Å². The van der Waals surface area contributed by atoms with E-state index in [0.717, 1.165) is 24.1 Å². The number of ether oxygens (including phenoxy) is 1. The number of hydrogen-bond acceptors (Lipinski definition) is 2. The summed E-state index contributed by atoms with van der Waals surface area (Å²) in [5, 5.41) is 0. The largest absolute Gasteiger partial charge is 0.494 e. The summed E-state index contributed by atoms with van der Waals surface area (Å²) < 4.78 is 20.1. The van der Waals surface area contributed by atoms with E-state index >= 15 is 0 Å². The number of hydrogen-bond donors (Lipinski definition) is 0. The van der Waals surface area contributed by atoms with E-state index in [2.05, 4.69) is 0 Å². The number of halogens is 2. The highest BCUT2D eigenvalue weighted by Gasteiger charge is 2.12. The van der Waals surface area contributed by atoms with Crippen LogP contribution in [0.5, 0.6) is 5.75 Å². The van der Waals surface area contributed by atoms with Gasteiger partial charge in [0.05, 0.1) is 7.11 Å². The number of rotatable bonds is 2. The molecule has 4 heteroatoms. The maximum atomic E-state index is 13.5. The van der Waals surface area contributed by atoms with Crippen LogP contribution in [0.4, 0.5) is 4.39 Å². The van der Waals surface area contributed by atoms with E-state index in [4.69, 9.17) is 16.5 Å². The smallest absolute Gasteiger partial charge is 0.165 e. The average molecular weight is 242 g/mol. The Hall–Kier alpha value is -1.06. The lowest BCUT2D eigenvalue weighted by atomic mass is 10.00. The van der Waals surface area contributed by atoms with Gasteiger partial charge in [0.15, 0.2) is 11.6 Å². The first kappa shape index (κ1) is 11.4. The molecule has 0 bridgehead atoms. The summed E-state index contributed by atoms with van der Waals surface area (Å²) in [6.45, 7) is 1.49. The van der Waals surface area contributed by atoms with Crippen LogP contribution in [0.25, 0.3) is 5.57 Å². The maximum absolute atomic E-state index is 13.5. The lowest BCUT2D eigenvalue weighted by Crippen LogP contribution is -2.18. The van der Waals surface area contributed by atoms with E-state index in [9.17, 15) is 4.39 Å². The predicted octanol–water partition coefficient (Wildman–Crippen LogP) is 3.08. The molecule has 0 atom stereocenters. The average Bonchev–Trinajstić information content (AvgIpc) is 2.30. The van der Waals surface area contributed by atoms with Crippen molar-refractivity contribution in [3.63, 3.8) is 0 Å². The Morgan fingerprint density at radius 1 is 1.44 bits per heavy atom. The summed E-state index contributed by atoms with van der Waals surface area (Å²) in [5.74, 6) is -0.0478. The first-order valence-electron chi connectivity index (χ1n) is 5.14. The van der Waals surface area contributed by atoms with Gasteiger partial charge in [-0.05, 0) is 41.5 Å². The molecule has 1 aliphatic rings. The lowest BCUT2D eigenvalue weighted by molar-refractivity contribution is 0.386. The van der Waals surface area contributed by atoms with Crippen LogP contribution in [0.3, 0.4) is 0 Å². The van der Waals surface area contributed by atoms with E-state index in [0.29, 0.717) is 6.54 Å². The van der Waals surface area contributed by atoms with Gasteiger partial charge in [0, 0.05) is 13.1 Å². The van der Waals surface area contributed by atoms with E-state index in [1.807, 2.05) is 12.1 Å². The molecule has 0 fully saturated rings. The van der Waals surface area contributed by atoms with Crippen molar-refractivity contribution in [3.05, 3.63) is 35.7 Å². The minimum absolute atomic E-state index is 0.277. The van der Waals surface area contributed by atoms with Crippen LogP contribution in [0.15, 0.2) is 24.3 Å². The molecule has 1 heterocycles. The van der Waals surface area contributed by atoms with Gasteiger partial charge >= 0.3 is 0 Å². The third-order valence-corrected chi connectivity index (χ3v) is 2.99. The van der Waals surface area contributed by atoms with Gasteiger partial charge in [-0.15, -0.1) is 0 Å². The van der Waals surface area contributed by atoms with Crippen molar-refractivity contribution in [2.75, 3.05) is 20.2 Å². The minimum Gasteiger partial charge on any atom is -0.494 e. The maximum Gasteiger partial charge on any atom is 0.165 e. The van der Waals surface area contributed by atoms with Crippen LogP contribution < -0.4 is 4.74 Å². The molecule has 0 radical (unpaired) electrons. The molecule has 0 N–H and O–H groups in total. The van der Waals surface area contributed by atoms with Crippen molar-refractivity contribution in [2.45, 2.75) is 6.42 Å². The highest BCUT2D eigenvalue weighted by molar-refractivity contribution is 6.13. The zero-order chi connectivity index (χ0) is 11.5. The summed E-state index contributed by atoms with van der Waals surface area (Å²) in [7, 11) is 1.46. The lowest BCUT2D eigenvalue weighted by Gasteiger charge is -2.19. The van der Waals surface area contributed by atoms with Crippen LogP contribution in [0.1, 0.15) is 12.0 Å². The third-order valence-electron chi connectivity index (χ3n) is 2.68. The molecule has 16 heavy (non-hydrogen) atoms. The van der Waals surface area contributed by atoms with Crippen LogP contribution >= 0.6 is 11.8 Å². The first-order valence-corrected chi connectivity index (χ1v) is 5.48. The van der Waals surface area contributed by atoms with Gasteiger partial charge in [0.2, 0.25) is 0 Å². The van der Waals surface area contributed by atoms with Gasteiger partial charge in [-0.2, -0.15) is 0 Å². The Balaban J connectivity index is 2.25. The molecule has 0 unspecified atom stereocenters. The summed E-state index contributed by atoms with van der Waals surface area (Å²) >= 11 is 5.84. The number of nitrogens with zero attached hydrogens (tertiary/aromatic N) is 1. The molecule has 0 aromatic heterocycles. The minimum atomic E-state index is -0.325. The molecule has 0 amide bonds. The quantitative estimate of drug-likeness (QED) is 0.738. The van der Waals surface area contributed by atoms with Crippen LogP contribution in [0, 0.1) is 5.82 Å². The molecule has 0 spiro atoms. The molecule has 1 aromatic carbocycles. The van der Waals surface area contributed by atoms with Gasteiger partial charge < -0.3 is 4.74 Å². The van der Waals surface area contributed by atoms with E-state index in [1.54, 1.807) is 10.5 Å². The van der Waals surface area contributed by atoms with Gasteiger partial charge in [-0.3, -0.25) is 0 Å². The van der Waals surface area contributed by atoms with Crippen LogP contribution in [-0.2, 0) is 0 Å². The first-order chi connectivity index (χ1) is 7.70. The SMILES string of the molecule is COc1ccc(C2=CCN(Cl)CC2)cc1F. The summed E-state index contributed by atoms with van der Waals surface area (Å²) in [4.78, 5) is 0. The van der Waals surface area contributed by atoms with E-state index < -0.39 is 0 Å². The number of methoxy groups -OCH3 is 1. The van der Waals surface area contributed by atoms with Gasteiger partial charge in [-0.25, -0.2) is 8.81 Å². The highest BCUT2D eigenvalue weighted by Crippen LogP contribution is 2.26. The monoisotopic (exact) mass is 241 g/mol. The Morgan fingerprint density at radius 3 is 2.81 bits per heavy atom. The van der Waals surface area contributed by atoms with E-state index in [1.165, 1.54) is 13.2 Å². The summed E-state index contributed by atoms with van der Waals surface area (Å²) in [6, 6.07) is 5.03. The second-order valence-corrected chi connectivity index (χ2v) is 4.18. The fraction of sp³-hybridized carbons (Fsp3) is 0.333. The highest BCUT2D eigenvalue weighted by atomic mass is 35.5. The van der Waals surface area contributed by atoms with Crippen LogP contribution in [0.2, 0.25) is 0 Å². The zero-order valence-corrected chi connectivity index (χ0v) is 9.80. The molecule has 2 nitrogen and oxygen atoms in total. The molecular weight excluding hydrogens is 229 g/mol. The zero-order valence-electron chi connectivity index (χ0n) is 9.04. The Labute approximate surface area is 99.4 Å². The van der Waals surface area contributed by atoms with Crippen molar-refractivity contribution in [3.8, 4) is 5.75 Å². The molecule has 1 aromatic rings. The van der Waals surface area contributed by atoms with Crippen molar-refractivity contribution in [1.82, 2.24) is 4.42 Å². The van der Waals surface area contributed by atoms with E-state index in [-0.39, 0.29) is 11.6 Å². The Kier molecular flexibility index (Phi) is 3.46. The Bertz CT molecular complexity index is 419. The fourth-order valence-electron chi connectivity index (χ4n) is 1.77. The van der Waals surface area contributed by atoms with Crippen molar-refractivity contribution in [2.24, 2.45) is 0 Å². The molecule has 0 saturated carbocycles. The molecular formula is C12H13ClFNO. The molecule has 86 valence electrons. The molecule has 0 aliphatic carbocycles. The van der Waals surface area contributed by atoms with Crippen molar-refractivity contribution < 1.29 is 9.13 Å². The van der Waals surface area contributed by atoms with Gasteiger partial charge in [0.25, 0.3) is 0 Å². The standard InChI is InChI=1S/C12H13ClFNO/c1-16-12-3-2-10(8-11(12)14)9-4-6-15(13)7-5-9/h2-4,8H,5-7H2,1H3. The second kappa shape index (κ2) is 4.85. The Morgan fingerprint density at radius 2 is 2.25 bits per heavy atom.